The number of nitrogens with two attached hydrogens (primary N) is 1. The van der Waals surface area contributed by atoms with Crippen LogP contribution in [0.25, 0.3) is 0 Å². The lowest BCUT2D eigenvalue weighted by Crippen LogP contribution is -2.22. The van der Waals surface area contributed by atoms with Crippen molar-refractivity contribution in [1.29, 1.82) is 0 Å². The van der Waals surface area contributed by atoms with Crippen LogP contribution in [0.5, 0.6) is 0 Å². The second kappa shape index (κ2) is 3.32. The molecule has 2 atom stereocenters. The normalized spacial score (nSPS) is 31.7. The van der Waals surface area contributed by atoms with Crippen LogP contribution < -0.4 is 5.73 Å². The third-order valence-electron chi connectivity index (χ3n) is 3.13. The van der Waals surface area contributed by atoms with E-state index in [4.69, 9.17) is 17.3 Å². The van der Waals surface area contributed by atoms with E-state index in [1.165, 1.54) is 5.56 Å². The van der Waals surface area contributed by atoms with Crippen LogP contribution in [-0.4, -0.2) is 12.4 Å². The van der Waals surface area contributed by atoms with Gasteiger partial charge >= 0.3 is 0 Å². The Kier molecular flexibility index (Phi) is 2.31. The predicted octanol–water partition coefficient (Wildman–Crippen LogP) is 2.14. The molecular formula is C11H14ClN. The SMILES string of the molecule is NC[C@]1(c2ccccc2)C[C@H]1CCl. The van der Waals surface area contributed by atoms with Gasteiger partial charge in [0.25, 0.3) is 0 Å². The lowest BCUT2D eigenvalue weighted by Gasteiger charge is -2.14. The topological polar surface area (TPSA) is 26.0 Å². The lowest BCUT2D eigenvalue weighted by molar-refractivity contribution is 0.644. The molecule has 1 aliphatic rings. The molecule has 2 rings (SSSR count). The van der Waals surface area contributed by atoms with Crippen LogP contribution >= 0.6 is 11.6 Å². The molecular weight excluding hydrogens is 182 g/mol. The summed E-state index contributed by atoms with van der Waals surface area (Å²) in [6.45, 7) is 0.717. The fourth-order valence-electron chi connectivity index (χ4n) is 2.07. The van der Waals surface area contributed by atoms with Gasteiger partial charge in [-0.25, -0.2) is 0 Å². The maximum absolute atomic E-state index is 5.86. The molecule has 0 radical (unpaired) electrons. The van der Waals surface area contributed by atoms with Crippen molar-refractivity contribution in [1.82, 2.24) is 0 Å². The first-order chi connectivity index (χ1) is 6.33. The van der Waals surface area contributed by atoms with E-state index in [0.29, 0.717) is 12.5 Å². The van der Waals surface area contributed by atoms with E-state index in [1.807, 2.05) is 6.07 Å². The van der Waals surface area contributed by atoms with Gasteiger partial charge in [0.15, 0.2) is 0 Å². The molecule has 13 heavy (non-hydrogen) atoms. The molecule has 1 aromatic carbocycles. The summed E-state index contributed by atoms with van der Waals surface area (Å²) in [5.41, 5.74) is 7.36. The summed E-state index contributed by atoms with van der Waals surface area (Å²) in [5.74, 6) is 1.31. The first-order valence-corrected chi connectivity index (χ1v) is 5.18. The third-order valence-corrected chi connectivity index (χ3v) is 3.50. The highest BCUT2D eigenvalue weighted by atomic mass is 35.5. The Morgan fingerprint density at radius 1 is 1.38 bits per heavy atom. The van der Waals surface area contributed by atoms with Crippen molar-refractivity contribution in [3.8, 4) is 0 Å². The monoisotopic (exact) mass is 195 g/mol. The summed E-state index contributed by atoms with van der Waals surface area (Å²) in [4.78, 5) is 0. The molecule has 0 aliphatic heterocycles. The molecule has 0 amide bonds. The molecule has 0 unspecified atom stereocenters. The quantitative estimate of drug-likeness (QED) is 0.735. The minimum Gasteiger partial charge on any atom is -0.330 e. The summed E-state index contributed by atoms with van der Waals surface area (Å²) in [6, 6.07) is 10.5. The first kappa shape index (κ1) is 9.04. The van der Waals surface area contributed by atoms with E-state index in [-0.39, 0.29) is 5.41 Å². The van der Waals surface area contributed by atoms with Crippen molar-refractivity contribution in [2.75, 3.05) is 12.4 Å². The van der Waals surface area contributed by atoms with Crippen LogP contribution in [0.15, 0.2) is 30.3 Å². The molecule has 0 heterocycles. The molecule has 0 spiro atoms. The van der Waals surface area contributed by atoms with Crippen molar-refractivity contribution in [2.45, 2.75) is 11.8 Å². The Balaban J connectivity index is 2.25. The fraction of sp³-hybridized carbons (Fsp3) is 0.455. The molecule has 1 nitrogen and oxygen atoms in total. The van der Waals surface area contributed by atoms with Crippen LogP contribution in [0.4, 0.5) is 0 Å². The third kappa shape index (κ3) is 1.36. The zero-order valence-electron chi connectivity index (χ0n) is 7.54. The van der Waals surface area contributed by atoms with E-state index >= 15 is 0 Å². The van der Waals surface area contributed by atoms with E-state index in [9.17, 15) is 0 Å². The zero-order valence-corrected chi connectivity index (χ0v) is 8.30. The van der Waals surface area contributed by atoms with Crippen LogP contribution in [-0.2, 0) is 5.41 Å². The molecule has 2 heteroatoms. The molecule has 1 aliphatic carbocycles. The van der Waals surface area contributed by atoms with E-state index in [2.05, 4.69) is 24.3 Å². The number of hydrogen-bond donors (Lipinski definition) is 1. The van der Waals surface area contributed by atoms with Gasteiger partial charge in [0.2, 0.25) is 0 Å². The van der Waals surface area contributed by atoms with Gasteiger partial charge in [0, 0.05) is 17.8 Å². The van der Waals surface area contributed by atoms with Crippen LogP contribution in [0.3, 0.4) is 0 Å². The Morgan fingerprint density at radius 2 is 2.08 bits per heavy atom. The van der Waals surface area contributed by atoms with E-state index in [1.54, 1.807) is 0 Å². The van der Waals surface area contributed by atoms with Gasteiger partial charge in [-0.3, -0.25) is 0 Å². The van der Waals surface area contributed by atoms with Crippen molar-refractivity contribution in [3.05, 3.63) is 35.9 Å². The van der Waals surface area contributed by atoms with E-state index < -0.39 is 0 Å². The van der Waals surface area contributed by atoms with Gasteiger partial charge in [-0.05, 0) is 17.9 Å². The van der Waals surface area contributed by atoms with Gasteiger partial charge in [-0.2, -0.15) is 0 Å². The van der Waals surface area contributed by atoms with E-state index in [0.717, 1.165) is 12.3 Å². The van der Waals surface area contributed by atoms with Gasteiger partial charge in [-0.1, -0.05) is 30.3 Å². The van der Waals surface area contributed by atoms with Crippen LogP contribution in [0, 0.1) is 5.92 Å². The molecule has 1 saturated carbocycles. The van der Waals surface area contributed by atoms with Gasteiger partial charge < -0.3 is 5.73 Å². The van der Waals surface area contributed by atoms with Gasteiger partial charge in [0.05, 0.1) is 0 Å². The molecule has 0 aromatic heterocycles. The summed E-state index contributed by atoms with van der Waals surface area (Å²) >= 11 is 5.86. The number of alkyl halides is 1. The van der Waals surface area contributed by atoms with Crippen molar-refractivity contribution >= 4 is 11.6 Å². The fourth-order valence-corrected chi connectivity index (χ4v) is 2.48. The molecule has 70 valence electrons. The maximum Gasteiger partial charge on any atom is 0.0261 e. The van der Waals surface area contributed by atoms with Crippen LogP contribution in [0.1, 0.15) is 12.0 Å². The smallest absolute Gasteiger partial charge is 0.0261 e. The summed E-state index contributed by atoms with van der Waals surface area (Å²) in [5, 5.41) is 0. The number of rotatable bonds is 3. The number of hydrogen-bond acceptors (Lipinski definition) is 1. The molecule has 0 saturated heterocycles. The average Bonchev–Trinajstić information content (AvgIpc) is 2.94. The van der Waals surface area contributed by atoms with Gasteiger partial charge in [0.1, 0.15) is 0 Å². The average molecular weight is 196 g/mol. The summed E-state index contributed by atoms with van der Waals surface area (Å²) in [6.07, 6.45) is 1.15. The highest BCUT2D eigenvalue weighted by molar-refractivity contribution is 6.18. The summed E-state index contributed by atoms with van der Waals surface area (Å²) in [7, 11) is 0. The maximum atomic E-state index is 5.86. The molecule has 2 N–H and O–H groups in total. The molecule has 0 bridgehead atoms. The minimum absolute atomic E-state index is 0.197. The Hall–Kier alpha value is -0.530. The molecule has 1 fully saturated rings. The highest BCUT2D eigenvalue weighted by Gasteiger charge is 2.53. The molecule has 1 aromatic rings. The number of halogens is 1. The largest absolute Gasteiger partial charge is 0.330 e. The van der Waals surface area contributed by atoms with Crippen molar-refractivity contribution < 1.29 is 0 Å². The minimum atomic E-state index is 0.197. The standard InChI is InChI=1S/C11H14ClN/c12-7-10-6-11(10,8-13)9-4-2-1-3-5-9/h1-5,10H,6-8,13H2/t10-,11-/m0/s1. The Labute approximate surface area is 83.9 Å². The van der Waals surface area contributed by atoms with Crippen LogP contribution in [0.2, 0.25) is 0 Å². The second-order valence-corrected chi connectivity index (χ2v) is 4.09. The Morgan fingerprint density at radius 3 is 2.54 bits per heavy atom. The van der Waals surface area contributed by atoms with Gasteiger partial charge in [-0.15, -0.1) is 11.6 Å². The predicted molar refractivity (Wildman–Crippen MR) is 56.0 cm³/mol. The highest BCUT2D eigenvalue weighted by Crippen LogP contribution is 2.53. The van der Waals surface area contributed by atoms with Crippen molar-refractivity contribution in [3.63, 3.8) is 0 Å². The summed E-state index contributed by atoms with van der Waals surface area (Å²) < 4.78 is 0. The lowest BCUT2D eigenvalue weighted by atomic mass is 9.94. The van der Waals surface area contributed by atoms with Crippen molar-refractivity contribution in [2.24, 2.45) is 11.7 Å². The Bertz CT molecular complexity index is 285. The second-order valence-electron chi connectivity index (χ2n) is 3.78. The first-order valence-electron chi connectivity index (χ1n) is 4.65. The zero-order chi connectivity index (χ0) is 9.31. The number of benzene rings is 1.